The van der Waals surface area contributed by atoms with Gasteiger partial charge in [-0.3, -0.25) is 0 Å². The van der Waals surface area contributed by atoms with Crippen molar-refractivity contribution in [3.8, 4) is 10.4 Å². The highest BCUT2D eigenvalue weighted by Gasteiger charge is 2.18. The maximum atomic E-state index is 12.0. The van der Waals surface area contributed by atoms with Gasteiger partial charge in [0.05, 0.1) is 19.1 Å². The van der Waals surface area contributed by atoms with Crippen molar-refractivity contribution in [2.75, 3.05) is 21.2 Å². The molecule has 24 heavy (non-hydrogen) atoms. The van der Waals surface area contributed by atoms with Crippen molar-refractivity contribution in [3.05, 3.63) is 40.8 Å². The minimum absolute atomic E-state index is 0.117. The standard InChI is InChI=1S/C19H24N2O2S/c1-19(2,3)14-9-7-13(8-10-14)16-11-15(20-12-21(4)5)17(24-16)18(22)23-6/h7-12H,1-6H3. The van der Waals surface area contributed by atoms with Crippen molar-refractivity contribution in [1.82, 2.24) is 4.90 Å². The Morgan fingerprint density at radius 2 is 1.83 bits per heavy atom. The monoisotopic (exact) mass is 344 g/mol. The summed E-state index contributed by atoms with van der Waals surface area (Å²) in [6.07, 6.45) is 1.68. The van der Waals surface area contributed by atoms with E-state index in [-0.39, 0.29) is 11.4 Å². The topological polar surface area (TPSA) is 41.9 Å². The van der Waals surface area contributed by atoms with Gasteiger partial charge in [-0.25, -0.2) is 9.79 Å². The summed E-state index contributed by atoms with van der Waals surface area (Å²) < 4.78 is 4.88. The van der Waals surface area contributed by atoms with Crippen LogP contribution in [0.4, 0.5) is 5.69 Å². The fourth-order valence-electron chi connectivity index (χ4n) is 2.17. The number of carbonyl (C=O) groups excluding carboxylic acids is 1. The van der Waals surface area contributed by atoms with Crippen LogP contribution in [0.15, 0.2) is 35.3 Å². The number of thiophene rings is 1. The van der Waals surface area contributed by atoms with Crippen LogP contribution >= 0.6 is 11.3 Å². The van der Waals surface area contributed by atoms with Gasteiger partial charge in [0, 0.05) is 19.0 Å². The van der Waals surface area contributed by atoms with Crippen LogP contribution in [0.5, 0.6) is 0 Å². The Kier molecular flexibility index (Phi) is 5.44. The molecule has 2 rings (SSSR count). The molecule has 0 spiro atoms. The van der Waals surface area contributed by atoms with Crippen LogP contribution in [0, 0.1) is 0 Å². The highest BCUT2D eigenvalue weighted by atomic mass is 32.1. The molecule has 1 heterocycles. The predicted molar refractivity (Wildman–Crippen MR) is 102 cm³/mol. The first-order chi connectivity index (χ1) is 11.2. The molecule has 0 saturated carbocycles. The molecule has 1 aromatic carbocycles. The molecule has 0 amide bonds. The zero-order valence-electron chi connectivity index (χ0n) is 15.1. The van der Waals surface area contributed by atoms with E-state index in [2.05, 4.69) is 50.0 Å². The van der Waals surface area contributed by atoms with Gasteiger partial charge >= 0.3 is 5.97 Å². The Bertz CT molecular complexity index is 738. The summed E-state index contributed by atoms with van der Waals surface area (Å²) in [5.74, 6) is -0.358. The zero-order valence-corrected chi connectivity index (χ0v) is 15.9. The van der Waals surface area contributed by atoms with Gasteiger partial charge in [0.2, 0.25) is 0 Å². The Hall–Kier alpha value is -2.14. The third-order valence-corrected chi connectivity index (χ3v) is 4.70. The van der Waals surface area contributed by atoms with E-state index in [0.29, 0.717) is 10.6 Å². The first kappa shape index (κ1) is 18.2. The quantitative estimate of drug-likeness (QED) is 0.458. The maximum absolute atomic E-state index is 12.0. The van der Waals surface area contributed by atoms with E-state index >= 15 is 0 Å². The number of methoxy groups -OCH3 is 1. The van der Waals surface area contributed by atoms with Gasteiger partial charge in [0.1, 0.15) is 4.88 Å². The second kappa shape index (κ2) is 7.18. The van der Waals surface area contributed by atoms with Crippen molar-refractivity contribution in [2.45, 2.75) is 26.2 Å². The molecule has 4 nitrogen and oxygen atoms in total. The van der Waals surface area contributed by atoms with Gasteiger partial charge in [-0.15, -0.1) is 11.3 Å². The summed E-state index contributed by atoms with van der Waals surface area (Å²) in [5, 5.41) is 0. The van der Waals surface area contributed by atoms with Crippen LogP contribution in [0.2, 0.25) is 0 Å². The lowest BCUT2D eigenvalue weighted by Crippen LogP contribution is -2.10. The lowest BCUT2D eigenvalue weighted by atomic mass is 9.86. The number of benzene rings is 1. The fourth-order valence-corrected chi connectivity index (χ4v) is 3.20. The third-order valence-electron chi connectivity index (χ3n) is 3.55. The van der Waals surface area contributed by atoms with Gasteiger partial charge in [-0.2, -0.15) is 0 Å². The molecular weight excluding hydrogens is 320 g/mol. The van der Waals surface area contributed by atoms with Crippen LogP contribution in [0.3, 0.4) is 0 Å². The van der Waals surface area contributed by atoms with Crippen LogP contribution in [0.1, 0.15) is 36.0 Å². The van der Waals surface area contributed by atoms with Gasteiger partial charge < -0.3 is 9.64 Å². The predicted octanol–water partition coefficient (Wildman–Crippen LogP) is 4.72. The molecule has 0 atom stereocenters. The van der Waals surface area contributed by atoms with Crippen molar-refractivity contribution in [1.29, 1.82) is 0 Å². The van der Waals surface area contributed by atoms with Crippen LogP contribution < -0.4 is 0 Å². The minimum atomic E-state index is -0.358. The van der Waals surface area contributed by atoms with E-state index in [4.69, 9.17) is 4.74 Å². The normalized spacial score (nSPS) is 11.8. The van der Waals surface area contributed by atoms with E-state index in [1.54, 1.807) is 6.34 Å². The van der Waals surface area contributed by atoms with Gasteiger partial charge in [0.25, 0.3) is 0 Å². The average molecular weight is 344 g/mol. The van der Waals surface area contributed by atoms with Crippen molar-refractivity contribution in [2.24, 2.45) is 4.99 Å². The summed E-state index contributed by atoms with van der Waals surface area (Å²) in [7, 11) is 5.17. The molecular formula is C19H24N2O2S. The van der Waals surface area contributed by atoms with Crippen molar-refractivity contribution in [3.63, 3.8) is 0 Å². The van der Waals surface area contributed by atoms with Gasteiger partial charge in [-0.05, 0) is 22.6 Å². The number of ether oxygens (including phenoxy) is 1. The third kappa shape index (κ3) is 4.23. The Labute approximate surface area is 147 Å². The molecule has 0 bridgehead atoms. The number of rotatable bonds is 4. The van der Waals surface area contributed by atoms with Crippen LogP contribution in [-0.2, 0) is 10.2 Å². The largest absolute Gasteiger partial charge is 0.465 e. The van der Waals surface area contributed by atoms with E-state index < -0.39 is 0 Å². The smallest absolute Gasteiger partial charge is 0.350 e. The molecule has 0 aliphatic heterocycles. The molecule has 5 heteroatoms. The Morgan fingerprint density at radius 3 is 2.33 bits per heavy atom. The fraction of sp³-hybridized carbons (Fsp3) is 0.368. The second-order valence-corrected chi connectivity index (χ2v) is 7.90. The Morgan fingerprint density at radius 1 is 1.21 bits per heavy atom. The summed E-state index contributed by atoms with van der Waals surface area (Å²) in [5.41, 5.74) is 3.11. The first-order valence-corrected chi connectivity index (χ1v) is 8.57. The summed E-state index contributed by atoms with van der Waals surface area (Å²) in [6.45, 7) is 6.57. The molecule has 2 aromatic rings. The lowest BCUT2D eigenvalue weighted by molar-refractivity contribution is 0.0607. The Balaban J connectivity index is 2.42. The van der Waals surface area contributed by atoms with E-state index in [0.717, 1.165) is 10.4 Å². The van der Waals surface area contributed by atoms with Crippen LogP contribution in [0.25, 0.3) is 10.4 Å². The molecule has 0 unspecified atom stereocenters. The first-order valence-electron chi connectivity index (χ1n) is 7.76. The number of hydrogen-bond donors (Lipinski definition) is 0. The highest BCUT2D eigenvalue weighted by Crippen LogP contribution is 2.37. The number of carbonyl (C=O) groups is 1. The number of hydrogen-bond acceptors (Lipinski definition) is 4. The second-order valence-electron chi connectivity index (χ2n) is 6.85. The average Bonchev–Trinajstić information content (AvgIpc) is 2.95. The molecule has 0 aliphatic rings. The highest BCUT2D eigenvalue weighted by molar-refractivity contribution is 7.18. The van der Waals surface area contributed by atoms with Crippen molar-refractivity contribution < 1.29 is 9.53 Å². The molecule has 0 radical (unpaired) electrons. The molecule has 128 valence electrons. The summed E-state index contributed by atoms with van der Waals surface area (Å²) in [6, 6.07) is 10.4. The molecule has 0 fully saturated rings. The molecule has 0 aliphatic carbocycles. The maximum Gasteiger partial charge on any atom is 0.350 e. The minimum Gasteiger partial charge on any atom is -0.465 e. The van der Waals surface area contributed by atoms with E-state index in [9.17, 15) is 4.79 Å². The summed E-state index contributed by atoms with van der Waals surface area (Å²) in [4.78, 5) is 19.7. The number of aliphatic imine (C=N–C) groups is 1. The lowest BCUT2D eigenvalue weighted by Gasteiger charge is -2.18. The van der Waals surface area contributed by atoms with Gasteiger partial charge in [-0.1, -0.05) is 45.0 Å². The molecule has 0 saturated heterocycles. The number of nitrogens with zero attached hydrogens (tertiary/aromatic N) is 2. The van der Waals surface area contributed by atoms with E-state index in [1.165, 1.54) is 24.0 Å². The zero-order chi connectivity index (χ0) is 17.9. The number of esters is 1. The van der Waals surface area contributed by atoms with Crippen LogP contribution in [-0.4, -0.2) is 38.4 Å². The SMILES string of the molecule is COC(=O)c1sc(-c2ccc(C(C)(C)C)cc2)cc1N=CN(C)C. The van der Waals surface area contributed by atoms with Crippen molar-refractivity contribution >= 4 is 29.3 Å². The molecule has 1 aromatic heterocycles. The van der Waals surface area contributed by atoms with E-state index in [1.807, 2.05) is 25.1 Å². The van der Waals surface area contributed by atoms with Gasteiger partial charge in [0.15, 0.2) is 0 Å². The molecule has 0 N–H and O–H groups in total. The summed E-state index contributed by atoms with van der Waals surface area (Å²) >= 11 is 1.40.